The number of ether oxygens (including phenoxy) is 2. The van der Waals surface area contributed by atoms with Crippen LogP contribution in [0.3, 0.4) is 0 Å². The summed E-state index contributed by atoms with van der Waals surface area (Å²) in [5, 5.41) is 4.77. The van der Waals surface area contributed by atoms with Gasteiger partial charge in [0, 0.05) is 11.6 Å². The van der Waals surface area contributed by atoms with Crippen molar-refractivity contribution < 1.29 is 9.47 Å². The normalized spacial score (nSPS) is 10.6. The average molecular weight is 291 g/mol. The number of nitrogens with one attached hydrogen (secondary N) is 1. The van der Waals surface area contributed by atoms with Crippen LogP contribution in [0.5, 0.6) is 11.5 Å². The van der Waals surface area contributed by atoms with Crippen LogP contribution in [0, 0.1) is 0 Å². The SMILES string of the molecule is COc1cc(/C=N\Nc2ccccc2Cl)cc(OC)c1. The van der Waals surface area contributed by atoms with Gasteiger partial charge in [-0.15, -0.1) is 0 Å². The van der Waals surface area contributed by atoms with E-state index in [-0.39, 0.29) is 0 Å². The van der Waals surface area contributed by atoms with Crippen molar-refractivity contribution in [1.82, 2.24) is 0 Å². The quantitative estimate of drug-likeness (QED) is 0.673. The number of nitrogens with zero attached hydrogens (tertiary/aromatic N) is 1. The van der Waals surface area contributed by atoms with Gasteiger partial charge in [0.2, 0.25) is 0 Å². The third kappa shape index (κ3) is 3.65. The maximum absolute atomic E-state index is 6.02. The number of halogens is 1. The van der Waals surface area contributed by atoms with Crippen LogP contribution in [-0.4, -0.2) is 20.4 Å². The molecular weight excluding hydrogens is 276 g/mol. The standard InChI is InChI=1S/C15H15ClN2O2/c1-19-12-7-11(8-13(9-12)20-2)10-17-18-15-6-4-3-5-14(15)16/h3-10,18H,1-2H3/b17-10-. The van der Waals surface area contributed by atoms with E-state index in [0.717, 1.165) is 11.3 Å². The van der Waals surface area contributed by atoms with Gasteiger partial charge in [0.1, 0.15) is 11.5 Å². The van der Waals surface area contributed by atoms with Crippen molar-refractivity contribution >= 4 is 23.5 Å². The van der Waals surface area contributed by atoms with Crippen molar-refractivity contribution in [3.8, 4) is 11.5 Å². The fourth-order valence-corrected chi connectivity index (χ4v) is 1.81. The minimum absolute atomic E-state index is 0.618. The molecule has 2 aromatic rings. The molecule has 0 radical (unpaired) electrons. The van der Waals surface area contributed by atoms with E-state index in [1.165, 1.54) is 0 Å². The molecule has 2 aromatic carbocycles. The summed E-state index contributed by atoms with van der Waals surface area (Å²) in [4.78, 5) is 0. The monoisotopic (exact) mass is 290 g/mol. The average Bonchev–Trinajstić information content (AvgIpc) is 2.48. The third-order valence-electron chi connectivity index (χ3n) is 2.65. The predicted octanol–water partition coefficient (Wildman–Crippen LogP) is 3.80. The van der Waals surface area contributed by atoms with E-state index in [1.54, 1.807) is 32.6 Å². The number of hydrazone groups is 1. The fraction of sp³-hybridized carbons (Fsp3) is 0.133. The molecule has 0 fully saturated rings. The van der Waals surface area contributed by atoms with E-state index in [9.17, 15) is 0 Å². The van der Waals surface area contributed by atoms with Crippen molar-refractivity contribution in [2.45, 2.75) is 0 Å². The number of anilines is 1. The van der Waals surface area contributed by atoms with Gasteiger partial charge in [0.25, 0.3) is 0 Å². The van der Waals surface area contributed by atoms with Crippen LogP contribution >= 0.6 is 11.6 Å². The smallest absolute Gasteiger partial charge is 0.123 e. The Balaban J connectivity index is 2.13. The molecule has 0 aliphatic carbocycles. The highest BCUT2D eigenvalue weighted by atomic mass is 35.5. The summed E-state index contributed by atoms with van der Waals surface area (Å²) in [6.07, 6.45) is 1.67. The molecular formula is C15H15ClN2O2. The lowest BCUT2D eigenvalue weighted by Gasteiger charge is -2.06. The van der Waals surface area contributed by atoms with E-state index in [0.29, 0.717) is 16.5 Å². The topological polar surface area (TPSA) is 42.8 Å². The second-order valence-electron chi connectivity index (χ2n) is 4.00. The van der Waals surface area contributed by atoms with Gasteiger partial charge in [-0.3, -0.25) is 5.43 Å². The Kier molecular flexibility index (Phi) is 4.85. The molecule has 0 heterocycles. The number of hydrogen-bond acceptors (Lipinski definition) is 4. The van der Waals surface area contributed by atoms with Crippen LogP contribution in [0.1, 0.15) is 5.56 Å². The molecule has 0 atom stereocenters. The summed E-state index contributed by atoms with van der Waals surface area (Å²) in [5.74, 6) is 1.42. The summed E-state index contributed by atoms with van der Waals surface area (Å²) < 4.78 is 10.4. The van der Waals surface area contributed by atoms with Crippen LogP contribution in [0.15, 0.2) is 47.6 Å². The lowest BCUT2D eigenvalue weighted by Crippen LogP contribution is -1.93. The second kappa shape index (κ2) is 6.82. The van der Waals surface area contributed by atoms with Gasteiger partial charge in [0.15, 0.2) is 0 Å². The van der Waals surface area contributed by atoms with Crippen LogP contribution in [-0.2, 0) is 0 Å². The van der Waals surface area contributed by atoms with E-state index in [1.807, 2.05) is 30.3 Å². The number of benzene rings is 2. The largest absolute Gasteiger partial charge is 0.497 e. The molecule has 1 N–H and O–H groups in total. The minimum Gasteiger partial charge on any atom is -0.497 e. The molecule has 0 amide bonds. The molecule has 0 bridgehead atoms. The molecule has 0 aliphatic heterocycles. The molecule has 2 rings (SSSR count). The maximum Gasteiger partial charge on any atom is 0.123 e. The first-order chi connectivity index (χ1) is 9.72. The number of para-hydroxylation sites is 1. The zero-order valence-corrected chi connectivity index (χ0v) is 12.0. The van der Waals surface area contributed by atoms with Crippen molar-refractivity contribution in [1.29, 1.82) is 0 Å². The molecule has 104 valence electrons. The third-order valence-corrected chi connectivity index (χ3v) is 2.98. The molecule has 4 nitrogen and oxygen atoms in total. The van der Waals surface area contributed by atoms with Crippen molar-refractivity contribution in [2.75, 3.05) is 19.6 Å². The minimum atomic E-state index is 0.618. The summed E-state index contributed by atoms with van der Waals surface area (Å²) in [6, 6.07) is 12.9. The van der Waals surface area contributed by atoms with Crippen molar-refractivity contribution in [3.05, 3.63) is 53.1 Å². The summed E-state index contributed by atoms with van der Waals surface area (Å²) >= 11 is 6.02. The van der Waals surface area contributed by atoms with E-state index in [4.69, 9.17) is 21.1 Å². The molecule has 5 heteroatoms. The second-order valence-corrected chi connectivity index (χ2v) is 4.40. The summed E-state index contributed by atoms with van der Waals surface area (Å²) in [7, 11) is 3.22. The highest BCUT2D eigenvalue weighted by Crippen LogP contribution is 2.22. The van der Waals surface area contributed by atoms with E-state index >= 15 is 0 Å². The zero-order chi connectivity index (χ0) is 14.4. The Hall–Kier alpha value is -2.20. The van der Waals surface area contributed by atoms with Crippen LogP contribution in [0.2, 0.25) is 5.02 Å². The molecule has 0 aromatic heterocycles. The molecule has 0 saturated carbocycles. The predicted molar refractivity (Wildman–Crippen MR) is 82.2 cm³/mol. The van der Waals surface area contributed by atoms with Gasteiger partial charge in [-0.25, -0.2) is 0 Å². The van der Waals surface area contributed by atoms with E-state index in [2.05, 4.69) is 10.5 Å². The van der Waals surface area contributed by atoms with Gasteiger partial charge in [-0.1, -0.05) is 23.7 Å². The van der Waals surface area contributed by atoms with Crippen LogP contribution in [0.4, 0.5) is 5.69 Å². The van der Waals surface area contributed by atoms with Gasteiger partial charge in [0.05, 0.1) is 31.1 Å². The summed E-state index contributed by atoms with van der Waals surface area (Å²) in [5.41, 5.74) is 4.50. The molecule has 20 heavy (non-hydrogen) atoms. The first-order valence-electron chi connectivity index (χ1n) is 5.99. The van der Waals surface area contributed by atoms with Crippen molar-refractivity contribution in [2.24, 2.45) is 5.10 Å². The number of methoxy groups -OCH3 is 2. The van der Waals surface area contributed by atoms with Crippen molar-refractivity contribution in [3.63, 3.8) is 0 Å². The Morgan fingerprint density at radius 1 is 1.05 bits per heavy atom. The molecule has 0 unspecified atom stereocenters. The van der Waals surface area contributed by atoms with Crippen LogP contribution in [0.25, 0.3) is 0 Å². The lowest BCUT2D eigenvalue weighted by molar-refractivity contribution is 0.394. The zero-order valence-electron chi connectivity index (χ0n) is 11.3. The lowest BCUT2D eigenvalue weighted by atomic mass is 10.2. The first-order valence-corrected chi connectivity index (χ1v) is 6.37. The number of rotatable bonds is 5. The van der Waals surface area contributed by atoms with Gasteiger partial charge < -0.3 is 9.47 Å². The Morgan fingerprint density at radius 3 is 2.30 bits per heavy atom. The maximum atomic E-state index is 6.02. The molecule has 0 saturated heterocycles. The Labute approximate surface area is 123 Å². The Bertz CT molecular complexity index is 592. The highest BCUT2D eigenvalue weighted by Gasteiger charge is 2.00. The highest BCUT2D eigenvalue weighted by molar-refractivity contribution is 6.33. The molecule has 0 spiro atoms. The fourth-order valence-electron chi connectivity index (χ4n) is 1.63. The number of hydrogen-bond donors (Lipinski definition) is 1. The van der Waals surface area contributed by atoms with Gasteiger partial charge >= 0.3 is 0 Å². The van der Waals surface area contributed by atoms with Crippen LogP contribution < -0.4 is 14.9 Å². The van der Waals surface area contributed by atoms with Gasteiger partial charge in [-0.2, -0.15) is 5.10 Å². The Morgan fingerprint density at radius 2 is 1.70 bits per heavy atom. The first kappa shape index (κ1) is 14.2. The van der Waals surface area contributed by atoms with E-state index < -0.39 is 0 Å². The summed E-state index contributed by atoms with van der Waals surface area (Å²) in [6.45, 7) is 0. The molecule has 0 aliphatic rings. The van der Waals surface area contributed by atoms with Gasteiger partial charge in [-0.05, 0) is 24.3 Å².